The lowest BCUT2D eigenvalue weighted by molar-refractivity contribution is -0.119. The molecule has 21 heavy (non-hydrogen) atoms. The van der Waals surface area contributed by atoms with E-state index in [2.05, 4.69) is 20.6 Å². The van der Waals surface area contributed by atoms with Crippen LogP contribution in [0.3, 0.4) is 0 Å². The lowest BCUT2D eigenvalue weighted by Crippen LogP contribution is -2.40. The zero-order chi connectivity index (χ0) is 15.6. The van der Waals surface area contributed by atoms with E-state index in [0.717, 1.165) is 10.9 Å². The third-order valence-electron chi connectivity index (χ3n) is 3.31. The summed E-state index contributed by atoms with van der Waals surface area (Å²) in [4.78, 5) is 11.5. The molecule has 0 saturated carbocycles. The van der Waals surface area contributed by atoms with Gasteiger partial charge in [0, 0.05) is 0 Å². The highest BCUT2D eigenvalue weighted by Crippen LogP contribution is 2.18. The maximum absolute atomic E-state index is 12.8. The van der Waals surface area contributed by atoms with Crippen LogP contribution in [-0.4, -0.2) is 31.8 Å². The summed E-state index contributed by atoms with van der Waals surface area (Å²) < 4.78 is 26.5. The standard InChI is InChI=1S/C12H16F2N6O/c1-3-6(2)9(11(15)21)16-7-4-5-8-17-18-12(10(13)14)20(8)19-7/h4-6,9-10H,3H2,1-2H3,(H2,15,21)(H,16,19). The van der Waals surface area contributed by atoms with Gasteiger partial charge in [0.15, 0.2) is 5.65 Å². The number of hydrogen-bond acceptors (Lipinski definition) is 5. The van der Waals surface area contributed by atoms with Crippen molar-refractivity contribution in [3.63, 3.8) is 0 Å². The van der Waals surface area contributed by atoms with Crippen molar-refractivity contribution >= 4 is 17.4 Å². The minimum atomic E-state index is -2.79. The predicted molar refractivity (Wildman–Crippen MR) is 71.8 cm³/mol. The number of fused-ring (bicyclic) bond motifs is 1. The van der Waals surface area contributed by atoms with E-state index in [0.29, 0.717) is 0 Å². The molecule has 0 aliphatic rings. The van der Waals surface area contributed by atoms with E-state index in [-0.39, 0.29) is 17.4 Å². The van der Waals surface area contributed by atoms with Crippen molar-refractivity contribution in [2.75, 3.05) is 5.32 Å². The topological polar surface area (TPSA) is 98.2 Å². The monoisotopic (exact) mass is 298 g/mol. The van der Waals surface area contributed by atoms with Gasteiger partial charge in [0.25, 0.3) is 6.43 Å². The highest BCUT2D eigenvalue weighted by atomic mass is 19.3. The van der Waals surface area contributed by atoms with Gasteiger partial charge in [-0.05, 0) is 18.1 Å². The number of alkyl halides is 2. The first-order valence-corrected chi connectivity index (χ1v) is 6.50. The fraction of sp³-hybridized carbons (Fsp3) is 0.500. The lowest BCUT2D eigenvalue weighted by atomic mass is 9.99. The first kappa shape index (κ1) is 15.1. The van der Waals surface area contributed by atoms with E-state index in [9.17, 15) is 13.6 Å². The van der Waals surface area contributed by atoms with Gasteiger partial charge in [-0.1, -0.05) is 20.3 Å². The molecule has 1 amide bonds. The minimum Gasteiger partial charge on any atom is -0.368 e. The van der Waals surface area contributed by atoms with Crippen molar-refractivity contribution in [3.05, 3.63) is 18.0 Å². The molecular weight excluding hydrogens is 282 g/mol. The van der Waals surface area contributed by atoms with E-state index in [1.807, 2.05) is 13.8 Å². The molecule has 0 aliphatic heterocycles. The Bertz CT molecular complexity index is 644. The second-order valence-electron chi connectivity index (χ2n) is 4.76. The number of anilines is 1. The van der Waals surface area contributed by atoms with E-state index in [4.69, 9.17) is 5.73 Å². The Morgan fingerprint density at radius 2 is 2.14 bits per heavy atom. The normalized spacial score (nSPS) is 14.3. The van der Waals surface area contributed by atoms with Crippen molar-refractivity contribution in [1.82, 2.24) is 19.8 Å². The van der Waals surface area contributed by atoms with E-state index >= 15 is 0 Å². The van der Waals surface area contributed by atoms with Gasteiger partial charge < -0.3 is 11.1 Å². The first-order chi connectivity index (χ1) is 9.93. The van der Waals surface area contributed by atoms with Crippen LogP contribution in [0.2, 0.25) is 0 Å². The molecule has 0 radical (unpaired) electrons. The molecule has 0 spiro atoms. The Morgan fingerprint density at radius 3 is 2.71 bits per heavy atom. The van der Waals surface area contributed by atoms with Crippen LogP contribution in [0.15, 0.2) is 12.1 Å². The Hall–Kier alpha value is -2.32. The zero-order valence-electron chi connectivity index (χ0n) is 11.6. The number of primary amides is 1. The van der Waals surface area contributed by atoms with E-state index in [1.165, 1.54) is 12.1 Å². The Balaban J connectivity index is 2.33. The third kappa shape index (κ3) is 3.06. The number of nitrogens with one attached hydrogen (secondary N) is 1. The van der Waals surface area contributed by atoms with Crippen LogP contribution in [0.5, 0.6) is 0 Å². The summed E-state index contributed by atoms with van der Waals surface area (Å²) in [5, 5.41) is 13.8. The molecule has 0 aliphatic carbocycles. The number of nitrogens with zero attached hydrogens (tertiary/aromatic N) is 4. The Morgan fingerprint density at radius 1 is 1.43 bits per heavy atom. The van der Waals surface area contributed by atoms with Crippen LogP contribution >= 0.6 is 0 Å². The molecule has 9 heteroatoms. The van der Waals surface area contributed by atoms with Crippen LogP contribution in [0.1, 0.15) is 32.5 Å². The van der Waals surface area contributed by atoms with Crippen LogP contribution in [0, 0.1) is 5.92 Å². The van der Waals surface area contributed by atoms with Crippen LogP contribution in [-0.2, 0) is 4.79 Å². The second-order valence-corrected chi connectivity index (χ2v) is 4.76. The van der Waals surface area contributed by atoms with Gasteiger partial charge in [-0.2, -0.15) is 4.52 Å². The van der Waals surface area contributed by atoms with Crippen molar-refractivity contribution in [2.45, 2.75) is 32.7 Å². The maximum atomic E-state index is 12.8. The minimum absolute atomic E-state index is 0.0181. The maximum Gasteiger partial charge on any atom is 0.299 e. The first-order valence-electron chi connectivity index (χ1n) is 6.50. The summed E-state index contributed by atoms with van der Waals surface area (Å²) in [6, 6.07) is 2.40. The Kier molecular flexibility index (Phi) is 4.29. The molecule has 0 fully saturated rings. The molecule has 114 valence electrons. The number of halogens is 2. The van der Waals surface area contributed by atoms with Crippen molar-refractivity contribution in [3.8, 4) is 0 Å². The highest BCUT2D eigenvalue weighted by molar-refractivity contribution is 5.83. The van der Waals surface area contributed by atoms with Gasteiger partial charge in [-0.15, -0.1) is 15.3 Å². The van der Waals surface area contributed by atoms with Gasteiger partial charge >= 0.3 is 0 Å². The van der Waals surface area contributed by atoms with Crippen molar-refractivity contribution in [2.24, 2.45) is 11.7 Å². The molecular formula is C12H16F2N6O. The highest BCUT2D eigenvalue weighted by Gasteiger charge is 2.23. The van der Waals surface area contributed by atoms with Gasteiger partial charge in [-0.3, -0.25) is 4.79 Å². The molecule has 7 nitrogen and oxygen atoms in total. The molecule has 0 saturated heterocycles. The average molecular weight is 298 g/mol. The number of hydrogen-bond donors (Lipinski definition) is 2. The van der Waals surface area contributed by atoms with E-state index < -0.39 is 24.2 Å². The van der Waals surface area contributed by atoms with Gasteiger partial charge in [0.05, 0.1) is 0 Å². The second kappa shape index (κ2) is 5.98. The number of amides is 1. The summed E-state index contributed by atoms with van der Waals surface area (Å²) in [6.45, 7) is 3.79. The van der Waals surface area contributed by atoms with Crippen molar-refractivity contribution in [1.29, 1.82) is 0 Å². The third-order valence-corrected chi connectivity index (χ3v) is 3.31. The quantitative estimate of drug-likeness (QED) is 0.839. The largest absolute Gasteiger partial charge is 0.368 e. The predicted octanol–water partition coefficient (Wildman–Crippen LogP) is 1.37. The molecule has 2 aromatic rings. The molecule has 3 N–H and O–H groups in total. The SMILES string of the molecule is CCC(C)C(Nc1ccc2nnc(C(F)F)n2n1)C(N)=O. The number of nitrogens with two attached hydrogens (primary N) is 1. The molecule has 2 rings (SSSR count). The number of rotatable bonds is 6. The van der Waals surface area contributed by atoms with Gasteiger partial charge in [-0.25, -0.2) is 8.78 Å². The number of aromatic nitrogens is 4. The number of carbonyl (C=O) groups is 1. The summed E-state index contributed by atoms with van der Waals surface area (Å²) in [5.74, 6) is -0.833. The van der Waals surface area contributed by atoms with Crippen molar-refractivity contribution < 1.29 is 13.6 Å². The molecule has 2 heterocycles. The molecule has 2 aromatic heterocycles. The summed E-state index contributed by atoms with van der Waals surface area (Å²) in [6.07, 6.45) is -2.05. The fourth-order valence-corrected chi connectivity index (χ4v) is 1.91. The summed E-state index contributed by atoms with van der Waals surface area (Å²) in [7, 11) is 0. The van der Waals surface area contributed by atoms with E-state index in [1.54, 1.807) is 0 Å². The van der Waals surface area contributed by atoms with Gasteiger partial charge in [0.1, 0.15) is 11.9 Å². The Labute approximate surface area is 119 Å². The molecule has 0 bridgehead atoms. The fourth-order valence-electron chi connectivity index (χ4n) is 1.91. The zero-order valence-corrected chi connectivity index (χ0v) is 11.6. The number of carbonyl (C=O) groups excluding carboxylic acids is 1. The van der Waals surface area contributed by atoms with Crippen LogP contribution < -0.4 is 11.1 Å². The molecule has 0 aromatic carbocycles. The summed E-state index contributed by atoms with van der Waals surface area (Å²) in [5.41, 5.74) is 5.55. The van der Waals surface area contributed by atoms with Crippen LogP contribution in [0.25, 0.3) is 5.65 Å². The summed E-state index contributed by atoms with van der Waals surface area (Å²) >= 11 is 0. The van der Waals surface area contributed by atoms with Crippen LogP contribution in [0.4, 0.5) is 14.6 Å². The van der Waals surface area contributed by atoms with Gasteiger partial charge in [0.2, 0.25) is 11.7 Å². The average Bonchev–Trinajstić information content (AvgIpc) is 2.86. The molecule has 2 atom stereocenters. The molecule has 2 unspecified atom stereocenters. The lowest BCUT2D eigenvalue weighted by Gasteiger charge is -2.21. The smallest absolute Gasteiger partial charge is 0.299 e.